The maximum absolute atomic E-state index is 10.1. The fourth-order valence-corrected chi connectivity index (χ4v) is 6.62. The third kappa shape index (κ3) is 5.09. The van der Waals surface area contributed by atoms with Gasteiger partial charge in [0.1, 0.15) is 0 Å². The zero-order chi connectivity index (χ0) is 21.2. The van der Waals surface area contributed by atoms with E-state index in [2.05, 4.69) is 59.4 Å². The van der Waals surface area contributed by atoms with Crippen LogP contribution in [0, 0.1) is 40.9 Å². The van der Waals surface area contributed by atoms with Crippen molar-refractivity contribution in [2.45, 2.75) is 98.5 Å². The molecule has 3 aliphatic carbocycles. The van der Waals surface area contributed by atoms with Crippen molar-refractivity contribution in [2.24, 2.45) is 40.9 Å². The van der Waals surface area contributed by atoms with E-state index >= 15 is 0 Å². The van der Waals surface area contributed by atoms with Gasteiger partial charge in [0.25, 0.3) is 0 Å². The summed E-state index contributed by atoms with van der Waals surface area (Å²) in [6.07, 6.45) is 18.2. The molecule has 3 saturated carbocycles. The summed E-state index contributed by atoms with van der Waals surface area (Å²) >= 11 is 0. The van der Waals surface area contributed by atoms with Gasteiger partial charge in [0.2, 0.25) is 0 Å². The highest BCUT2D eigenvalue weighted by molar-refractivity contribution is 5.21. The van der Waals surface area contributed by atoms with Gasteiger partial charge < -0.3 is 5.11 Å². The summed E-state index contributed by atoms with van der Waals surface area (Å²) in [5.41, 5.74) is 3.58. The third-order valence-corrected chi connectivity index (χ3v) is 9.04. The van der Waals surface area contributed by atoms with Crippen molar-refractivity contribution in [1.82, 2.24) is 0 Å². The molecule has 1 heteroatoms. The van der Waals surface area contributed by atoms with Gasteiger partial charge in [-0.1, -0.05) is 70.6 Å². The fourth-order valence-electron chi connectivity index (χ4n) is 6.62. The maximum atomic E-state index is 10.1. The van der Waals surface area contributed by atoms with Crippen LogP contribution in [-0.2, 0) is 0 Å². The standard InChI is InChI=1S/C28H46O/c1-19(2)20(3)9-10-22(5)26-15-16-27-23(8-7-17-28(26,27)6)12-13-24-18-25(29)14-11-21(24)4/h9-10,12,19-20,22,24-27,29H,4,7-8,11,13-18H2,1-3,5-6H3/b10-9+,23-12+/t20-,22+,24?,25-,26+,27-,28?/m0/s1. The SMILES string of the molecule is C=C1CC[C@H](O)CC1C/C=C1\CCCC2(C)[C@@H]([C@H](C)/C=C/[C@H](C)C(C)C)CC[C@@H]12. The maximum Gasteiger partial charge on any atom is 0.0549 e. The van der Waals surface area contributed by atoms with Gasteiger partial charge >= 0.3 is 0 Å². The van der Waals surface area contributed by atoms with Crippen LogP contribution in [-0.4, -0.2) is 11.2 Å². The molecule has 0 heterocycles. The van der Waals surface area contributed by atoms with E-state index in [0.29, 0.717) is 23.2 Å². The van der Waals surface area contributed by atoms with Crippen LogP contribution in [0.2, 0.25) is 0 Å². The first-order chi connectivity index (χ1) is 13.7. The average molecular weight is 399 g/mol. The van der Waals surface area contributed by atoms with Crippen LogP contribution in [0.25, 0.3) is 0 Å². The van der Waals surface area contributed by atoms with E-state index in [1.165, 1.54) is 37.7 Å². The van der Waals surface area contributed by atoms with Crippen molar-refractivity contribution in [3.63, 3.8) is 0 Å². The summed E-state index contributed by atoms with van der Waals surface area (Å²) in [7, 11) is 0. The van der Waals surface area contributed by atoms with E-state index in [4.69, 9.17) is 0 Å². The Balaban J connectivity index is 1.68. The number of allylic oxidation sites excluding steroid dienone is 5. The van der Waals surface area contributed by atoms with Gasteiger partial charge in [-0.2, -0.15) is 0 Å². The summed E-state index contributed by atoms with van der Waals surface area (Å²) in [6.45, 7) is 16.4. The highest BCUT2D eigenvalue weighted by Crippen LogP contribution is 2.59. The lowest BCUT2D eigenvalue weighted by Gasteiger charge is -2.44. The van der Waals surface area contributed by atoms with Crippen LogP contribution in [0.5, 0.6) is 0 Å². The van der Waals surface area contributed by atoms with Crippen molar-refractivity contribution < 1.29 is 5.11 Å². The van der Waals surface area contributed by atoms with E-state index in [-0.39, 0.29) is 6.10 Å². The molecule has 1 nitrogen and oxygen atoms in total. The molecule has 0 bridgehead atoms. The Hall–Kier alpha value is -0.820. The largest absolute Gasteiger partial charge is 0.393 e. The van der Waals surface area contributed by atoms with Crippen molar-refractivity contribution in [2.75, 3.05) is 0 Å². The smallest absolute Gasteiger partial charge is 0.0549 e. The second-order valence-corrected chi connectivity index (χ2v) is 11.2. The predicted octanol–water partition coefficient (Wildman–Crippen LogP) is 7.72. The van der Waals surface area contributed by atoms with Crippen molar-refractivity contribution in [1.29, 1.82) is 0 Å². The number of hydrogen-bond acceptors (Lipinski definition) is 1. The molecule has 164 valence electrons. The number of aliphatic hydroxyl groups excluding tert-OH is 1. The number of hydrogen-bond donors (Lipinski definition) is 1. The van der Waals surface area contributed by atoms with E-state index in [1.54, 1.807) is 5.57 Å². The first-order valence-corrected chi connectivity index (χ1v) is 12.4. The first-order valence-electron chi connectivity index (χ1n) is 12.4. The lowest BCUT2D eigenvalue weighted by atomic mass is 9.61. The van der Waals surface area contributed by atoms with Crippen LogP contribution in [0.3, 0.4) is 0 Å². The molecule has 0 aromatic heterocycles. The molecule has 2 unspecified atom stereocenters. The number of rotatable bonds is 6. The zero-order valence-corrected chi connectivity index (χ0v) is 19.8. The molecule has 1 N–H and O–H groups in total. The van der Waals surface area contributed by atoms with Crippen molar-refractivity contribution in [3.05, 3.63) is 36.0 Å². The quantitative estimate of drug-likeness (QED) is 0.454. The highest BCUT2D eigenvalue weighted by atomic mass is 16.3. The van der Waals surface area contributed by atoms with Crippen LogP contribution < -0.4 is 0 Å². The van der Waals surface area contributed by atoms with Gasteiger partial charge in [0.05, 0.1) is 6.10 Å². The van der Waals surface area contributed by atoms with E-state index in [0.717, 1.165) is 43.4 Å². The van der Waals surface area contributed by atoms with Gasteiger partial charge in [-0.15, -0.1) is 0 Å². The lowest BCUT2D eigenvalue weighted by Crippen LogP contribution is -2.35. The zero-order valence-electron chi connectivity index (χ0n) is 19.8. The highest BCUT2D eigenvalue weighted by Gasteiger charge is 2.50. The van der Waals surface area contributed by atoms with Gasteiger partial charge in [-0.3, -0.25) is 0 Å². The van der Waals surface area contributed by atoms with Gasteiger partial charge in [0, 0.05) is 0 Å². The van der Waals surface area contributed by atoms with E-state index < -0.39 is 0 Å². The Morgan fingerprint density at radius 3 is 2.59 bits per heavy atom. The minimum atomic E-state index is -0.114. The summed E-state index contributed by atoms with van der Waals surface area (Å²) in [6, 6.07) is 0. The molecule has 3 fully saturated rings. The minimum Gasteiger partial charge on any atom is -0.393 e. The summed E-state index contributed by atoms with van der Waals surface area (Å²) < 4.78 is 0. The molecule has 0 aromatic rings. The Kier molecular flexibility index (Phi) is 7.52. The lowest BCUT2D eigenvalue weighted by molar-refractivity contribution is 0.110. The third-order valence-electron chi connectivity index (χ3n) is 9.04. The molecule has 0 saturated heterocycles. The van der Waals surface area contributed by atoms with Crippen molar-refractivity contribution >= 4 is 0 Å². The van der Waals surface area contributed by atoms with Gasteiger partial charge in [-0.25, -0.2) is 0 Å². The Morgan fingerprint density at radius 2 is 1.86 bits per heavy atom. The first kappa shape index (κ1) is 22.9. The second kappa shape index (κ2) is 9.54. The van der Waals surface area contributed by atoms with E-state index in [1.807, 2.05) is 0 Å². The molecule has 0 amide bonds. The molecular weight excluding hydrogens is 352 g/mol. The molecule has 3 aliphatic rings. The van der Waals surface area contributed by atoms with Crippen LogP contribution in [0.15, 0.2) is 36.0 Å². The molecule has 0 radical (unpaired) electrons. The van der Waals surface area contributed by atoms with Crippen LogP contribution >= 0.6 is 0 Å². The molecule has 0 spiro atoms. The van der Waals surface area contributed by atoms with Crippen LogP contribution in [0.1, 0.15) is 92.4 Å². The molecule has 7 atom stereocenters. The molecule has 0 aliphatic heterocycles. The number of aliphatic hydroxyl groups is 1. The molecule has 29 heavy (non-hydrogen) atoms. The molecule has 3 rings (SSSR count). The Bertz CT molecular complexity index is 626. The fraction of sp³-hybridized carbons (Fsp3) is 0.786. The molecule has 0 aromatic carbocycles. The number of fused-ring (bicyclic) bond motifs is 1. The normalized spacial score (nSPS) is 39.3. The Labute approximate surface area is 180 Å². The van der Waals surface area contributed by atoms with Crippen LogP contribution in [0.4, 0.5) is 0 Å². The Morgan fingerprint density at radius 1 is 1.10 bits per heavy atom. The summed E-state index contributed by atoms with van der Waals surface area (Å²) in [4.78, 5) is 0. The van der Waals surface area contributed by atoms with E-state index in [9.17, 15) is 5.11 Å². The second-order valence-electron chi connectivity index (χ2n) is 11.2. The minimum absolute atomic E-state index is 0.114. The van der Waals surface area contributed by atoms with Gasteiger partial charge in [0.15, 0.2) is 0 Å². The van der Waals surface area contributed by atoms with Gasteiger partial charge in [-0.05, 0) is 98.7 Å². The average Bonchev–Trinajstić information content (AvgIpc) is 3.04. The summed E-state index contributed by atoms with van der Waals surface area (Å²) in [5.74, 6) is 4.17. The summed E-state index contributed by atoms with van der Waals surface area (Å²) in [5, 5.41) is 10.1. The monoisotopic (exact) mass is 398 g/mol. The van der Waals surface area contributed by atoms with Crippen molar-refractivity contribution in [3.8, 4) is 0 Å². The topological polar surface area (TPSA) is 20.2 Å². The molecular formula is C28H46O. The predicted molar refractivity (Wildman–Crippen MR) is 126 cm³/mol.